The standard InChI is InChI=1S/C15H26N4OS/c1-15(2,3)13-16-14(21-17-13)19-5-4-12(11-19)10-18-6-8-20-9-7-18/h12H,4-11H2,1-3H3. The molecule has 21 heavy (non-hydrogen) atoms. The summed E-state index contributed by atoms with van der Waals surface area (Å²) in [5.74, 6) is 1.73. The maximum Gasteiger partial charge on any atom is 0.205 e. The Hall–Kier alpha value is -0.720. The van der Waals surface area contributed by atoms with Gasteiger partial charge in [0.2, 0.25) is 5.13 Å². The van der Waals surface area contributed by atoms with Crippen LogP contribution in [-0.2, 0) is 10.2 Å². The molecule has 2 aliphatic heterocycles. The molecular weight excluding hydrogens is 284 g/mol. The number of nitrogens with zero attached hydrogens (tertiary/aromatic N) is 4. The minimum Gasteiger partial charge on any atom is -0.379 e. The lowest BCUT2D eigenvalue weighted by Gasteiger charge is -2.28. The molecule has 2 saturated heterocycles. The summed E-state index contributed by atoms with van der Waals surface area (Å²) < 4.78 is 9.96. The summed E-state index contributed by atoms with van der Waals surface area (Å²) in [5.41, 5.74) is 0.0433. The number of rotatable bonds is 3. The smallest absolute Gasteiger partial charge is 0.205 e. The second-order valence-electron chi connectivity index (χ2n) is 7.16. The van der Waals surface area contributed by atoms with E-state index in [1.807, 2.05) is 0 Å². The van der Waals surface area contributed by atoms with Gasteiger partial charge in [-0.15, -0.1) is 0 Å². The molecule has 3 heterocycles. The van der Waals surface area contributed by atoms with Gasteiger partial charge in [-0.05, 0) is 12.3 Å². The van der Waals surface area contributed by atoms with E-state index >= 15 is 0 Å². The summed E-state index contributed by atoms with van der Waals surface area (Å²) in [7, 11) is 0. The SMILES string of the molecule is CC(C)(C)c1nsc(N2CCC(CN3CCOCC3)C2)n1. The molecule has 1 aromatic heterocycles. The molecule has 0 amide bonds. The minimum atomic E-state index is 0.0433. The first kappa shape index (κ1) is 15.2. The van der Waals surface area contributed by atoms with E-state index in [0.29, 0.717) is 0 Å². The lowest BCUT2D eigenvalue weighted by atomic mass is 9.96. The fourth-order valence-corrected chi connectivity index (χ4v) is 3.84. The Kier molecular flexibility index (Phi) is 4.47. The van der Waals surface area contributed by atoms with E-state index in [0.717, 1.165) is 56.3 Å². The van der Waals surface area contributed by atoms with Crippen molar-refractivity contribution in [3.05, 3.63) is 5.82 Å². The summed E-state index contributed by atoms with van der Waals surface area (Å²) in [6.45, 7) is 13.9. The molecule has 0 spiro atoms. The van der Waals surface area contributed by atoms with Crippen molar-refractivity contribution in [2.45, 2.75) is 32.6 Å². The molecule has 2 fully saturated rings. The van der Waals surface area contributed by atoms with Crippen LogP contribution in [0.1, 0.15) is 33.0 Å². The van der Waals surface area contributed by atoms with E-state index in [1.165, 1.54) is 13.0 Å². The van der Waals surface area contributed by atoms with Crippen LogP contribution < -0.4 is 4.90 Å². The van der Waals surface area contributed by atoms with Crippen LogP contribution in [0.5, 0.6) is 0 Å². The Labute approximate surface area is 131 Å². The number of anilines is 1. The van der Waals surface area contributed by atoms with Crippen LogP contribution in [0.15, 0.2) is 0 Å². The highest BCUT2D eigenvalue weighted by Crippen LogP contribution is 2.29. The fraction of sp³-hybridized carbons (Fsp3) is 0.867. The van der Waals surface area contributed by atoms with Crippen molar-refractivity contribution in [3.63, 3.8) is 0 Å². The van der Waals surface area contributed by atoms with Gasteiger partial charge < -0.3 is 9.64 Å². The van der Waals surface area contributed by atoms with Crippen molar-refractivity contribution < 1.29 is 4.74 Å². The zero-order valence-corrected chi connectivity index (χ0v) is 14.2. The van der Waals surface area contributed by atoms with Gasteiger partial charge in [0, 0.05) is 49.7 Å². The van der Waals surface area contributed by atoms with Crippen LogP contribution in [0.4, 0.5) is 5.13 Å². The monoisotopic (exact) mass is 310 g/mol. The van der Waals surface area contributed by atoms with Gasteiger partial charge in [-0.3, -0.25) is 4.90 Å². The first-order valence-electron chi connectivity index (χ1n) is 7.91. The second-order valence-corrected chi connectivity index (χ2v) is 7.89. The normalized spacial score (nSPS) is 24.7. The van der Waals surface area contributed by atoms with Gasteiger partial charge >= 0.3 is 0 Å². The third-order valence-corrected chi connectivity index (χ3v) is 5.04. The largest absolute Gasteiger partial charge is 0.379 e. The van der Waals surface area contributed by atoms with E-state index in [1.54, 1.807) is 11.5 Å². The summed E-state index contributed by atoms with van der Waals surface area (Å²) in [4.78, 5) is 9.70. The van der Waals surface area contributed by atoms with Gasteiger partial charge in [-0.25, -0.2) is 4.98 Å². The topological polar surface area (TPSA) is 41.5 Å². The molecule has 1 unspecified atom stereocenters. The molecule has 0 N–H and O–H groups in total. The van der Waals surface area contributed by atoms with E-state index in [-0.39, 0.29) is 5.41 Å². The first-order chi connectivity index (χ1) is 10.0. The molecule has 0 aliphatic carbocycles. The molecule has 1 aromatic rings. The average Bonchev–Trinajstić information content (AvgIpc) is 3.07. The summed E-state index contributed by atoms with van der Waals surface area (Å²) >= 11 is 1.55. The summed E-state index contributed by atoms with van der Waals surface area (Å²) in [5, 5.41) is 1.10. The molecule has 3 rings (SSSR count). The number of morpholine rings is 1. The van der Waals surface area contributed by atoms with E-state index in [2.05, 4.69) is 34.9 Å². The van der Waals surface area contributed by atoms with Gasteiger partial charge in [0.15, 0.2) is 0 Å². The Bertz CT molecular complexity index is 464. The third-order valence-electron chi connectivity index (χ3n) is 4.26. The lowest BCUT2D eigenvalue weighted by Crippen LogP contribution is -2.39. The predicted molar refractivity (Wildman–Crippen MR) is 86.2 cm³/mol. The highest BCUT2D eigenvalue weighted by atomic mass is 32.1. The predicted octanol–water partition coefficient (Wildman–Crippen LogP) is 1.99. The molecule has 118 valence electrons. The van der Waals surface area contributed by atoms with Crippen molar-refractivity contribution in [1.29, 1.82) is 0 Å². The summed E-state index contributed by atoms with van der Waals surface area (Å²) in [6, 6.07) is 0. The van der Waals surface area contributed by atoms with Crippen LogP contribution in [0, 0.1) is 5.92 Å². The zero-order valence-electron chi connectivity index (χ0n) is 13.3. The zero-order chi connectivity index (χ0) is 14.9. The number of aromatic nitrogens is 2. The number of hydrogen-bond donors (Lipinski definition) is 0. The Morgan fingerprint density at radius 1 is 1.24 bits per heavy atom. The number of ether oxygens (including phenoxy) is 1. The maximum atomic E-state index is 5.42. The summed E-state index contributed by atoms with van der Waals surface area (Å²) in [6.07, 6.45) is 1.27. The van der Waals surface area contributed by atoms with Crippen molar-refractivity contribution in [1.82, 2.24) is 14.3 Å². The molecule has 1 atom stereocenters. The van der Waals surface area contributed by atoms with Gasteiger partial charge in [-0.1, -0.05) is 20.8 Å². The first-order valence-corrected chi connectivity index (χ1v) is 8.69. The Morgan fingerprint density at radius 2 is 2.00 bits per heavy atom. The molecular formula is C15H26N4OS. The van der Waals surface area contributed by atoms with Gasteiger partial charge in [0.05, 0.1) is 13.2 Å². The highest BCUT2D eigenvalue weighted by Gasteiger charge is 2.28. The Balaban J connectivity index is 1.55. The van der Waals surface area contributed by atoms with Gasteiger partial charge in [0.1, 0.15) is 5.82 Å². The van der Waals surface area contributed by atoms with Crippen LogP contribution in [0.3, 0.4) is 0 Å². The Morgan fingerprint density at radius 3 is 2.67 bits per heavy atom. The quantitative estimate of drug-likeness (QED) is 0.854. The van der Waals surface area contributed by atoms with Gasteiger partial charge in [0.25, 0.3) is 0 Å². The number of hydrogen-bond acceptors (Lipinski definition) is 6. The van der Waals surface area contributed by atoms with Crippen molar-refractivity contribution in [2.24, 2.45) is 5.92 Å². The second kappa shape index (κ2) is 6.18. The van der Waals surface area contributed by atoms with Crippen molar-refractivity contribution in [2.75, 3.05) is 50.8 Å². The lowest BCUT2D eigenvalue weighted by molar-refractivity contribution is 0.0320. The molecule has 0 saturated carbocycles. The van der Waals surface area contributed by atoms with Crippen molar-refractivity contribution in [3.8, 4) is 0 Å². The molecule has 0 radical (unpaired) electrons. The van der Waals surface area contributed by atoms with Crippen LogP contribution >= 0.6 is 11.5 Å². The molecule has 6 heteroatoms. The van der Waals surface area contributed by atoms with Crippen LogP contribution in [-0.4, -0.2) is 60.2 Å². The third kappa shape index (κ3) is 3.73. The van der Waals surface area contributed by atoms with E-state index in [9.17, 15) is 0 Å². The highest BCUT2D eigenvalue weighted by molar-refractivity contribution is 7.09. The molecule has 2 aliphatic rings. The molecule has 0 bridgehead atoms. The van der Waals surface area contributed by atoms with E-state index < -0.39 is 0 Å². The maximum absolute atomic E-state index is 5.42. The van der Waals surface area contributed by atoms with E-state index in [4.69, 9.17) is 9.72 Å². The van der Waals surface area contributed by atoms with Crippen LogP contribution in [0.25, 0.3) is 0 Å². The average molecular weight is 310 g/mol. The van der Waals surface area contributed by atoms with Gasteiger partial charge in [-0.2, -0.15) is 4.37 Å². The molecule has 5 nitrogen and oxygen atoms in total. The van der Waals surface area contributed by atoms with Crippen molar-refractivity contribution >= 4 is 16.7 Å². The fourth-order valence-electron chi connectivity index (χ4n) is 2.95. The molecule has 0 aromatic carbocycles. The minimum absolute atomic E-state index is 0.0433. The van der Waals surface area contributed by atoms with Crippen LogP contribution in [0.2, 0.25) is 0 Å².